The number of likely N-dealkylation sites (N-methyl/N-ethyl adjacent to an activating group) is 1. The van der Waals surface area contributed by atoms with Gasteiger partial charge < -0.3 is 9.88 Å². The molecule has 4 atom stereocenters. The molecule has 2 aliphatic carbocycles. The summed E-state index contributed by atoms with van der Waals surface area (Å²) in [5, 5.41) is 15.8. The van der Waals surface area contributed by atoms with Crippen LogP contribution in [0.3, 0.4) is 0 Å². The fourth-order valence-corrected chi connectivity index (χ4v) is 8.43. The molecule has 3 heterocycles. The molecule has 226 valence electrons. The number of carbonyl (C=O) groups excluding carboxylic acids is 1. The molecule has 43 heavy (non-hydrogen) atoms. The quantitative estimate of drug-likeness (QED) is 0.437. The lowest BCUT2D eigenvalue weighted by atomic mass is 9.78. The van der Waals surface area contributed by atoms with Crippen molar-refractivity contribution in [2.24, 2.45) is 11.0 Å². The number of hydrogen-bond donors (Lipinski definition) is 2. The number of alkyl halides is 1. The van der Waals surface area contributed by atoms with Gasteiger partial charge in [-0.15, -0.1) is 11.6 Å². The number of halogens is 3. The van der Waals surface area contributed by atoms with Gasteiger partial charge in [0.25, 0.3) is 5.91 Å². The predicted molar refractivity (Wildman–Crippen MR) is 164 cm³/mol. The molecule has 0 spiro atoms. The topological polar surface area (TPSA) is 122 Å². The van der Waals surface area contributed by atoms with Gasteiger partial charge in [-0.25, -0.2) is 17.5 Å². The first-order chi connectivity index (χ1) is 20.3. The van der Waals surface area contributed by atoms with Crippen LogP contribution in [0.25, 0.3) is 11.1 Å². The van der Waals surface area contributed by atoms with Crippen LogP contribution in [-0.4, -0.2) is 77.8 Å². The first-order valence-corrected chi connectivity index (χ1v) is 16.8. The number of aromatic amines is 1. The van der Waals surface area contributed by atoms with E-state index < -0.39 is 27.3 Å². The third-order valence-corrected chi connectivity index (χ3v) is 10.3. The van der Waals surface area contributed by atoms with Gasteiger partial charge >= 0.3 is 0 Å². The molecule has 0 bridgehead atoms. The van der Waals surface area contributed by atoms with Crippen molar-refractivity contribution in [3.8, 4) is 17.2 Å². The highest BCUT2D eigenvalue weighted by atomic mass is 35.5. The number of rotatable bonds is 6. The average molecular weight is 646 g/mol. The van der Waals surface area contributed by atoms with Gasteiger partial charge in [-0.3, -0.25) is 9.80 Å². The summed E-state index contributed by atoms with van der Waals surface area (Å²) < 4.78 is 41.7. The molecule has 1 amide bonds. The Hall–Kier alpha value is -3.17. The molecule has 2 aromatic rings. The predicted octanol–water partition coefficient (Wildman–Crippen LogP) is 4.81. The van der Waals surface area contributed by atoms with Crippen LogP contribution in [0.5, 0.6) is 0 Å². The summed E-state index contributed by atoms with van der Waals surface area (Å²) in [6.07, 6.45) is 9.42. The van der Waals surface area contributed by atoms with Crippen molar-refractivity contribution in [3.63, 3.8) is 0 Å². The van der Waals surface area contributed by atoms with Gasteiger partial charge in [0.05, 0.1) is 45.6 Å². The number of nitrogens with zero attached hydrogens (tertiary/aromatic N) is 4. The Bertz CT molecular complexity index is 1760. The third kappa shape index (κ3) is 5.50. The normalized spacial score (nSPS) is 26.3. The maximum atomic E-state index is 14.8. The number of nitrogens with one attached hydrogen (secondary N) is 2. The largest absolute Gasteiger partial charge is 0.352 e. The molecule has 2 N–H and O–H groups in total. The molecule has 1 saturated heterocycles. The highest BCUT2D eigenvalue weighted by Gasteiger charge is 2.50. The van der Waals surface area contributed by atoms with Crippen LogP contribution in [0.15, 0.2) is 52.8 Å². The zero-order valence-corrected chi connectivity index (χ0v) is 26.2. The lowest BCUT2D eigenvalue weighted by Gasteiger charge is -2.39. The van der Waals surface area contributed by atoms with Crippen molar-refractivity contribution in [1.82, 2.24) is 19.6 Å². The average Bonchev–Trinajstić information content (AvgIpc) is 3.39. The van der Waals surface area contributed by atoms with Crippen molar-refractivity contribution < 1.29 is 17.6 Å². The second kappa shape index (κ2) is 10.8. The number of allylic oxidation sites excluding steroid dienone is 1. The van der Waals surface area contributed by atoms with Crippen molar-refractivity contribution in [2.75, 3.05) is 19.8 Å². The Balaban J connectivity index is 1.25. The first kappa shape index (κ1) is 29.9. The van der Waals surface area contributed by atoms with Gasteiger partial charge in [0.15, 0.2) is 0 Å². The van der Waals surface area contributed by atoms with Crippen LogP contribution >= 0.6 is 23.2 Å². The lowest BCUT2D eigenvalue weighted by molar-refractivity contribution is 0.0702. The number of likely N-dealkylation sites (tertiary alicyclic amines) is 1. The van der Waals surface area contributed by atoms with Gasteiger partial charge in [0.1, 0.15) is 17.6 Å². The molecular formula is C30H31Cl2FN6O3S. The molecule has 4 aliphatic rings. The maximum absolute atomic E-state index is 14.8. The number of amides is 1. The monoisotopic (exact) mass is 644 g/mol. The number of hydrogen-bond acceptors (Lipinski definition) is 6. The minimum absolute atomic E-state index is 0.0272. The van der Waals surface area contributed by atoms with E-state index in [1.165, 1.54) is 12.3 Å². The number of fused-ring (bicyclic) bond motifs is 1. The van der Waals surface area contributed by atoms with Gasteiger partial charge in [0.2, 0.25) is 10.0 Å². The summed E-state index contributed by atoms with van der Waals surface area (Å²) in [4.78, 5) is 18.3. The van der Waals surface area contributed by atoms with E-state index in [-0.39, 0.29) is 34.0 Å². The number of H-pyrrole nitrogens is 1. The molecule has 2 aliphatic heterocycles. The maximum Gasteiger partial charge on any atom is 0.256 e. The summed E-state index contributed by atoms with van der Waals surface area (Å²) >= 11 is 13.4. The molecule has 3 unspecified atom stereocenters. The first-order valence-electron chi connectivity index (χ1n) is 14.1. The van der Waals surface area contributed by atoms with Gasteiger partial charge in [-0.1, -0.05) is 23.8 Å². The number of aromatic nitrogens is 1. The molecule has 2 fully saturated rings. The van der Waals surface area contributed by atoms with Crippen LogP contribution in [0.2, 0.25) is 5.02 Å². The lowest BCUT2D eigenvalue weighted by Crippen LogP contribution is -2.52. The fraction of sp³-hybridized carbons (Fsp3) is 0.433. The molecule has 13 heteroatoms. The minimum atomic E-state index is -3.40. The molecule has 1 aromatic carbocycles. The van der Waals surface area contributed by atoms with Gasteiger partial charge in [-0.05, 0) is 62.0 Å². The van der Waals surface area contributed by atoms with Crippen LogP contribution in [-0.2, 0) is 10.0 Å². The Morgan fingerprint density at radius 3 is 2.70 bits per heavy atom. The van der Waals surface area contributed by atoms with Crippen LogP contribution in [0.4, 0.5) is 4.39 Å². The van der Waals surface area contributed by atoms with Gasteiger partial charge in [-0.2, -0.15) is 10.4 Å². The Kier molecular flexibility index (Phi) is 7.48. The summed E-state index contributed by atoms with van der Waals surface area (Å²) in [6, 6.07) is 5.50. The van der Waals surface area contributed by atoms with E-state index in [0.717, 1.165) is 22.9 Å². The summed E-state index contributed by atoms with van der Waals surface area (Å²) in [6.45, 7) is 2.33. The van der Waals surface area contributed by atoms with E-state index in [0.29, 0.717) is 49.0 Å². The van der Waals surface area contributed by atoms with Crippen molar-refractivity contribution in [3.05, 3.63) is 69.8 Å². The number of sulfonamides is 1. The smallest absolute Gasteiger partial charge is 0.256 e. The second-order valence-electron chi connectivity index (χ2n) is 11.9. The molecule has 6 rings (SSSR count). The number of piperidine rings is 1. The zero-order chi connectivity index (χ0) is 30.8. The minimum Gasteiger partial charge on any atom is -0.352 e. The summed E-state index contributed by atoms with van der Waals surface area (Å²) in [7, 11) is -1.50. The van der Waals surface area contributed by atoms with E-state index in [4.69, 9.17) is 33.6 Å². The molecular weight excluding hydrogens is 614 g/mol. The van der Waals surface area contributed by atoms with Crippen molar-refractivity contribution >= 4 is 44.8 Å². The van der Waals surface area contributed by atoms with Crippen LogP contribution in [0, 0.1) is 23.1 Å². The third-order valence-electron chi connectivity index (χ3n) is 8.85. The van der Waals surface area contributed by atoms with Crippen molar-refractivity contribution in [2.45, 2.75) is 55.6 Å². The van der Waals surface area contributed by atoms with Crippen LogP contribution in [0.1, 0.15) is 48.7 Å². The molecule has 9 nitrogen and oxygen atoms in total. The SMILES string of the molecule is C[C@H]1C2=NN(C)C(C3=CC(C4(NS(C)(=O)=O)CC4)=CC(Cl)C3)C2CCN1C(=O)c1cc(F)cc(-c2c[nH]c(C#N)c2)c1Cl. The Labute approximate surface area is 260 Å². The summed E-state index contributed by atoms with van der Waals surface area (Å²) in [5.74, 6) is -0.975. The van der Waals surface area contributed by atoms with E-state index in [1.54, 1.807) is 17.2 Å². The standard InChI is InChI=1S/C30H31Cl2FN6O3S/c1-16-27-23(28(38(2)36-27)17-8-19(11-20(31)9-17)30(5-6-30)37-43(3,41)42)4-7-39(16)29(40)25-13-21(33)12-24(26(25)32)18-10-22(14-34)35-15-18/h8,10-13,15-16,20,23,28,35,37H,4-7,9H2,1-3H3/t16-,20?,23?,28?/m0/s1. The molecule has 0 radical (unpaired) electrons. The highest BCUT2D eigenvalue weighted by Crippen LogP contribution is 2.47. The van der Waals surface area contributed by atoms with E-state index in [1.807, 2.05) is 31.1 Å². The molecule has 1 aromatic heterocycles. The second-order valence-corrected chi connectivity index (χ2v) is 14.5. The highest BCUT2D eigenvalue weighted by molar-refractivity contribution is 7.88. The van der Waals surface area contributed by atoms with Crippen molar-refractivity contribution in [1.29, 1.82) is 5.26 Å². The zero-order valence-electron chi connectivity index (χ0n) is 23.9. The van der Waals surface area contributed by atoms with Crippen LogP contribution < -0.4 is 4.72 Å². The van der Waals surface area contributed by atoms with Gasteiger partial charge in [0, 0.05) is 36.8 Å². The number of nitriles is 1. The number of hydrazone groups is 1. The van der Waals surface area contributed by atoms with E-state index in [2.05, 4.69) is 15.8 Å². The summed E-state index contributed by atoms with van der Waals surface area (Å²) in [5.41, 5.74) is 3.39. The Morgan fingerprint density at radius 2 is 2.05 bits per heavy atom. The molecule has 1 saturated carbocycles. The van der Waals surface area contributed by atoms with E-state index in [9.17, 15) is 17.6 Å². The number of benzene rings is 1. The number of carbonyl (C=O) groups is 1. The fourth-order valence-electron chi connectivity index (χ4n) is 6.79. The van der Waals surface area contributed by atoms with E-state index >= 15 is 0 Å². The Morgan fingerprint density at radius 1 is 1.30 bits per heavy atom.